The third-order valence-corrected chi connectivity index (χ3v) is 2.49. The van der Waals surface area contributed by atoms with Gasteiger partial charge < -0.3 is 10.4 Å². The van der Waals surface area contributed by atoms with Gasteiger partial charge in [-0.1, -0.05) is 18.2 Å². The summed E-state index contributed by atoms with van der Waals surface area (Å²) in [5.74, 6) is -1.81. The number of allylic oxidation sites excluding steroid dienone is 2. The number of carboxylic acid groups (broad SMARTS) is 1. The van der Waals surface area contributed by atoms with E-state index in [-0.39, 0.29) is 17.3 Å². The molecule has 2 aliphatic rings. The van der Waals surface area contributed by atoms with Crippen molar-refractivity contribution in [1.29, 1.82) is 0 Å². The van der Waals surface area contributed by atoms with Gasteiger partial charge in [0.25, 0.3) is 5.70 Å². The van der Waals surface area contributed by atoms with Gasteiger partial charge in [-0.15, -0.1) is 0 Å². The fourth-order valence-corrected chi connectivity index (χ4v) is 1.82. The fraction of sp³-hybridized carbons (Fsp3) is 0.222. The summed E-state index contributed by atoms with van der Waals surface area (Å²) in [7, 11) is 0. The number of nitrogens with one attached hydrogen (secondary N) is 1. The van der Waals surface area contributed by atoms with Gasteiger partial charge in [0.2, 0.25) is 0 Å². The molecule has 6 heteroatoms. The van der Waals surface area contributed by atoms with Crippen LogP contribution in [-0.4, -0.2) is 22.0 Å². The normalized spacial score (nSPS) is 27.5. The van der Waals surface area contributed by atoms with E-state index in [9.17, 15) is 14.9 Å². The van der Waals surface area contributed by atoms with E-state index in [0.29, 0.717) is 0 Å². The van der Waals surface area contributed by atoms with Gasteiger partial charge in [0.05, 0.1) is 22.7 Å². The first-order chi connectivity index (χ1) is 7.11. The number of aliphatic carboxylic acids is 1. The van der Waals surface area contributed by atoms with Gasteiger partial charge in [-0.05, 0) is 0 Å². The first-order valence-corrected chi connectivity index (χ1v) is 4.33. The van der Waals surface area contributed by atoms with Crippen LogP contribution in [0.4, 0.5) is 0 Å². The van der Waals surface area contributed by atoms with E-state index in [1.807, 2.05) is 0 Å². The van der Waals surface area contributed by atoms with Crippen molar-refractivity contribution in [3.05, 3.63) is 45.8 Å². The smallest absolute Gasteiger partial charge is 0.332 e. The molecule has 2 unspecified atom stereocenters. The Balaban J connectivity index is 2.39. The maximum Gasteiger partial charge on any atom is 0.332 e. The molecule has 1 heterocycles. The van der Waals surface area contributed by atoms with E-state index in [2.05, 4.69) is 5.32 Å². The third-order valence-electron chi connectivity index (χ3n) is 2.49. The maximum absolute atomic E-state index is 10.9. The van der Waals surface area contributed by atoms with Crippen LogP contribution in [0.2, 0.25) is 0 Å². The van der Waals surface area contributed by atoms with E-state index < -0.39 is 16.8 Å². The minimum absolute atomic E-state index is 0.0513. The van der Waals surface area contributed by atoms with Crippen LogP contribution in [0.25, 0.3) is 0 Å². The second-order valence-electron chi connectivity index (χ2n) is 3.31. The Labute approximate surface area is 84.7 Å². The second kappa shape index (κ2) is 3.23. The van der Waals surface area contributed by atoms with Crippen molar-refractivity contribution in [2.75, 3.05) is 0 Å². The number of rotatable bonds is 2. The summed E-state index contributed by atoms with van der Waals surface area (Å²) < 4.78 is 0. The molecule has 2 atom stereocenters. The fourth-order valence-electron chi connectivity index (χ4n) is 1.82. The zero-order valence-electron chi connectivity index (χ0n) is 7.58. The average molecular weight is 208 g/mol. The molecule has 0 amide bonds. The number of hydrogen-bond donors (Lipinski definition) is 2. The highest BCUT2D eigenvalue weighted by atomic mass is 16.6. The quantitative estimate of drug-likeness (QED) is 0.502. The molecule has 0 bridgehead atoms. The first kappa shape index (κ1) is 9.45. The van der Waals surface area contributed by atoms with E-state index in [1.54, 1.807) is 12.2 Å². The largest absolute Gasteiger partial charge is 0.478 e. The van der Waals surface area contributed by atoms with Gasteiger partial charge in [-0.25, -0.2) is 4.79 Å². The zero-order chi connectivity index (χ0) is 11.0. The molecule has 0 saturated carbocycles. The molecule has 78 valence electrons. The van der Waals surface area contributed by atoms with E-state index in [0.717, 1.165) is 0 Å². The summed E-state index contributed by atoms with van der Waals surface area (Å²) >= 11 is 0. The number of nitro groups is 1. The summed E-state index contributed by atoms with van der Waals surface area (Å²) in [6.45, 7) is 0. The molecule has 0 fully saturated rings. The van der Waals surface area contributed by atoms with Crippen LogP contribution >= 0.6 is 0 Å². The molecule has 1 aliphatic carbocycles. The van der Waals surface area contributed by atoms with Crippen molar-refractivity contribution in [3.63, 3.8) is 0 Å². The lowest BCUT2D eigenvalue weighted by Gasteiger charge is -2.19. The minimum Gasteiger partial charge on any atom is -0.478 e. The Hall–Kier alpha value is -2.11. The Bertz CT molecular complexity index is 422. The van der Waals surface area contributed by atoms with Crippen molar-refractivity contribution in [2.24, 2.45) is 5.92 Å². The zero-order valence-corrected chi connectivity index (χ0v) is 7.58. The molecule has 0 radical (unpaired) electrons. The number of carboxylic acids is 1. The topological polar surface area (TPSA) is 92.5 Å². The van der Waals surface area contributed by atoms with Crippen LogP contribution in [0.1, 0.15) is 0 Å². The average Bonchev–Trinajstić information content (AvgIpc) is 2.60. The van der Waals surface area contributed by atoms with Gasteiger partial charge >= 0.3 is 5.97 Å². The highest BCUT2D eigenvalue weighted by Gasteiger charge is 2.42. The Morgan fingerprint density at radius 3 is 2.93 bits per heavy atom. The van der Waals surface area contributed by atoms with Crippen LogP contribution < -0.4 is 5.32 Å². The number of hydrogen-bond acceptors (Lipinski definition) is 4. The summed E-state index contributed by atoms with van der Waals surface area (Å²) in [6, 6.07) is -0.318. The predicted molar refractivity (Wildman–Crippen MR) is 50.3 cm³/mol. The van der Waals surface area contributed by atoms with E-state index in [1.165, 1.54) is 12.3 Å². The molecular weight excluding hydrogens is 200 g/mol. The minimum atomic E-state index is -1.12. The summed E-state index contributed by atoms with van der Waals surface area (Å²) in [4.78, 5) is 21.0. The highest BCUT2D eigenvalue weighted by molar-refractivity contribution is 5.89. The molecule has 1 aliphatic heterocycles. The van der Waals surface area contributed by atoms with Gasteiger partial charge in [-0.3, -0.25) is 10.1 Å². The van der Waals surface area contributed by atoms with Crippen molar-refractivity contribution < 1.29 is 14.8 Å². The highest BCUT2D eigenvalue weighted by Crippen LogP contribution is 2.32. The van der Waals surface area contributed by atoms with Crippen LogP contribution in [-0.2, 0) is 4.79 Å². The van der Waals surface area contributed by atoms with Crippen molar-refractivity contribution in [2.45, 2.75) is 6.04 Å². The van der Waals surface area contributed by atoms with Gasteiger partial charge in [-0.2, -0.15) is 0 Å². The molecule has 6 nitrogen and oxygen atoms in total. The molecule has 0 aromatic carbocycles. The SMILES string of the molecule is O=C(O)C1=CC=CC2NC=C([N+](=O)[O-])C12. The maximum atomic E-state index is 10.9. The molecule has 2 rings (SSSR count). The Morgan fingerprint density at radius 2 is 2.33 bits per heavy atom. The van der Waals surface area contributed by atoms with E-state index in [4.69, 9.17) is 5.11 Å². The molecule has 0 aromatic heterocycles. The van der Waals surface area contributed by atoms with Crippen molar-refractivity contribution >= 4 is 5.97 Å². The molecule has 15 heavy (non-hydrogen) atoms. The lowest BCUT2D eigenvalue weighted by Crippen LogP contribution is -2.32. The standard InChI is InChI=1S/C9H8N2O4/c12-9(13)5-2-1-3-6-8(5)7(4-10-6)11(14)15/h1-4,6,8,10H,(H,12,13). The van der Waals surface area contributed by atoms with Crippen LogP contribution in [0.3, 0.4) is 0 Å². The lowest BCUT2D eigenvalue weighted by molar-refractivity contribution is -0.431. The van der Waals surface area contributed by atoms with Crippen LogP contribution in [0, 0.1) is 16.0 Å². The number of fused-ring (bicyclic) bond motifs is 1. The van der Waals surface area contributed by atoms with Gasteiger partial charge in [0.15, 0.2) is 0 Å². The number of nitrogens with zero attached hydrogens (tertiary/aromatic N) is 1. The second-order valence-corrected chi connectivity index (χ2v) is 3.31. The Kier molecular flexibility index (Phi) is 2.03. The van der Waals surface area contributed by atoms with Gasteiger partial charge in [0, 0.05) is 0 Å². The van der Waals surface area contributed by atoms with E-state index >= 15 is 0 Å². The Morgan fingerprint density at radius 1 is 1.60 bits per heavy atom. The summed E-state index contributed by atoms with van der Waals surface area (Å²) in [6.07, 6.45) is 5.97. The van der Waals surface area contributed by atoms with Gasteiger partial charge in [0.1, 0.15) is 5.92 Å². The van der Waals surface area contributed by atoms with Crippen LogP contribution in [0.5, 0.6) is 0 Å². The molecule has 2 N–H and O–H groups in total. The third kappa shape index (κ3) is 1.39. The summed E-state index contributed by atoms with van der Waals surface area (Å²) in [5.41, 5.74) is -0.0477. The molecular formula is C9H8N2O4. The molecule has 0 aromatic rings. The number of carbonyl (C=O) groups is 1. The van der Waals surface area contributed by atoms with Crippen LogP contribution in [0.15, 0.2) is 35.7 Å². The van der Waals surface area contributed by atoms with Crippen molar-refractivity contribution in [1.82, 2.24) is 5.32 Å². The first-order valence-electron chi connectivity index (χ1n) is 4.33. The molecule has 0 saturated heterocycles. The summed E-state index contributed by atoms with van der Waals surface area (Å²) in [5, 5.41) is 22.4. The van der Waals surface area contributed by atoms with Crippen molar-refractivity contribution in [3.8, 4) is 0 Å². The monoisotopic (exact) mass is 208 g/mol. The lowest BCUT2D eigenvalue weighted by atomic mass is 9.87. The predicted octanol–water partition coefficient (Wildman–Crippen LogP) is 0.273. The molecule has 0 spiro atoms.